The van der Waals surface area contributed by atoms with Crippen molar-refractivity contribution in [3.63, 3.8) is 0 Å². The van der Waals surface area contributed by atoms with Crippen molar-refractivity contribution in [1.82, 2.24) is 14.3 Å². The Kier molecular flexibility index (Phi) is 5.36. The standard InChI is InChI=1S/C23H29N3O/c1-15(2)11-22(27)25(6)14-20-23(19-9-8-17(4)18(5)12-19)24-21-10-7-16(3)13-26(20)21/h7-10,12-13,15H,11,14H2,1-6H3. The van der Waals surface area contributed by atoms with Crippen LogP contribution in [0.1, 0.15) is 42.7 Å². The molecule has 0 aliphatic rings. The number of fused-ring (bicyclic) bond motifs is 1. The smallest absolute Gasteiger partial charge is 0.222 e. The quantitative estimate of drug-likeness (QED) is 0.644. The molecule has 0 unspecified atom stereocenters. The number of rotatable bonds is 5. The maximum atomic E-state index is 12.5. The first-order chi connectivity index (χ1) is 12.8. The largest absolute Gasteiger partial charge is 0.340 e. The van der Waals surface area contributed by atoms with Crippen LogP contribution >= 0.6 is 0 Å². The number of carbonyl (C=O) groups is 1. The predicted molar refractivity (Wildman–Crippen MR) is 111 cm³/mol. The van der Waals surface area contributed by atoms with Gasteiger partial charge >= 0.3 is 0 Å². The molecule has 4 heteroatoms. The summed E-state index contributed by atoms with van der Waals surface area (Å²) < 4.78 is 2.12. The van der Waals surface area contributed by atoms with Crippen LogP contribution in [0.2, 0.25) is 0 Å². The summed E-state index contributed by atoms with van der Waals surface area (Å²) in [5, 5.41) is 0. The van der Waals surface area contributed by atoms with Gasteiger partial charge in [0.2, 0.25) is 5.91 Å². The molecule has 3 rings (SSSR count). The van der Waals surface area contributed by atoms with Gasteiger partial charge in [0.05, 0.1) is 17.9 Å². The predicted octanol–water partition coefficient (Wildman–Crippen LogP) is 4.93. The van der Waals surface area contributed by atoms with Crippen LogP contribution < -0.4 is 0 Å². The minimum absolute atomic E-state index is 0.165. The zero-order chi connectivity index (χ0) is 19.7. The van der Waals surface area contributed by atoms with Crippen LogP contribution in [0.15, 0.2) is 36.5 Å². The Morgan fingerprint density at radius 3 is 2.52 bits per heavy atom. The maximum absolute atomic E-state index is 12.5. The summed E-state index contributed by atoms with van der Waals surface area (Å²) in [4.78, 5) is 19.2. The molecule has 4 nitrogen and oxygen atoms in total. The molecule has 0 radical (unpaired) electrons. The SMILES string of the molecule is Cc1ccc2nc(-c3ccc(C)c(C)c3)c(CN(C)C(=O)CC(C)C)n2c1. The van der Waals surface area contributed by atoms with Crippen molar-refractivity contribution in [1.29, 1.82) is 0 Å². The summed E-state index contributed by atoms with van der Waals surface area (Å²) in [5.74, 6) is 0.516. The number of benzene rings is 1. The highest BCUT2D eigenvalue weighted by atomic mass is 16.2. The van der Waals surface area contributed by atoms with E-state index in [9.17, 15) is 4.79 Å². The van der Waals surface area contributed by atoms with Gasteiger partial charge in [-0.25, -0.2) is 4.98 Å². The van der Waals surface area contributed by atoms with Gasteiger partial charge in [0.15, 0.2) is 0 Å². The normalized spacial score (nSPS) is 11.4. The summed E-state index contributed by atoms with van der Waals surface area (Å²) in [6, 6.07) is 10.6. The van der Waals surface area contributed by atoms with Crippen LogP contribution in [-0.2, 0) is 11.3 Å². The van der Waals surface area contributed by atoms with Gasteiger partial charge in [-0.15, -0.1) is 0 Å². The molecule has 0 saturated heterocycles. The lowest BCUT2D eigenvalue weighted by atomic mass is 10.0. The van der Waals surface area contributed by atoms with Crippen molar-refractivity contribution in [2.24, 2.45) is 5.92 Å². The molecule has 0 bridgehead atoms. The zero-order valence-corrected chi connectivity index (χ0v) is 17.2. The summed E-state index contributed by atoms with van der Waals surface area (Å²) in [6.07, 6.45) is 2.66. The monoisotopic (exact) mass is 363 g/mol. The average Bonchev–Trinajstić information content (AvgIpc) is 2.94. The van der Waals surface area contributed by atoms with E-state index in [4.69, 9.17) is 4.98 Å². The molecule has 0 saturated carbocycles. The molecule has 0 aliphatic carbocycles. The van der Waals surface area contributed by atoms with Gasteiger partial charge in [-0.3, -0.25) is 4.79 Å². The molecule has 0 N–H and O–H groups in total. The van der Waals surface area contributed by atoms with E-state index in [-0.39, 0.29) is 5.91 Å². The third kappa shape index (κ3) is 4.05. The summed E-state index contributed by atoms with van der Waals surface area (Å²) in [7, 11) is 1.88. The number of hydrogen-bond acceptors (Lipinski definition) is 2. The molecule has 0 aliphatic heterocycles. The van der Waals surface area contributed by atoms with Crippen molar-refractivity contribution >= 4 is 11.6 Å². The molecule has 0 fully saturated rings. The van der Waals surface area contributed by atoms with Crippen molar-refractivity contribution in [3.05, 3.63) is 58.9 Å². The topological polar surface area (TPSA) is 37.6 Å². The van der Waals surface area contributed by atoms with Crippen molar-refractivity contribution in [2.45, 2.75) is 47.6 Å². The second-order valence-corrected chi connectivity index (χ2v) is 7.99. The number of imidazole rings is 1. The van der Waals surface area contributed by atoms with Gasteiger partial charge in [0.1, 0.15) is 5.65 Å². The summed E-state index contributed by atoms with van der Waals surface area (Å²) in [5.41, 5.74) is 7.70. The highest BCUT2D eigenvalue weighted by Crippen LogP contribution is 2.28. The number of nitrogens with zero attached hydrogens (tertiary/aromatic N) is 3. The van der Waals surface area contributed by atoms with Gasteiger partial charge < -0.3 is 9.30 Å². The van der Waals surface area contributed by atoms with Crippen LogP contribution in [0.5, 0.6) is 0 Å². The second kappa shape index (κ2) is 7.55. The minimum atomic E-state index is 0.165. The second-order valence-electron chi connectivity index (χ2n) is 7.99. The first-order valence-electron chi connectivity index (χ1n) is 9.55. The molecular formula is C23H29N3O. The van der Waals surface area contributed by atoms with Crippen molar-refractivity contribution < 1.29 is 4.79 Å². The van der Waals surface area contributed by atoms with Crippen LogP contribution in [-0.4, -0.2) is 27.2 Å². The van der Waals surface area contributed by atoms with E-state index < -0.39 is 0 Å². The summed E-state index contributed by atoms with van der Waals surface area (Å²) in [6.45, 7) is 11.0. The summed E-state index contributed by atoms with van der Waals surface area (Å²) >= 11 is 0. The Bertz CT molecular complexity index is 985. The molecule has 0 atom stereocenters. The number of carbonyl (C=O) groups excluding carboxylic acids is 1. The van der Waals surface area contributed by atoms with Gasteiger partial charge in [-0.1, -0.05) is 32.0 Å². The molecule has 1 amide bonds. The lowest BCUT2D eigenvalue weighted by Gasteiger charge is -2.19. The van der Waals surface area contributed by atoms with E-state index in [0.29, 0.717) is 18.9 Å². The highest BCUT2D eigenvalue weighted by Gasteiger charge is 2.19. The number of hydrogen-bond donors (Lipinski definition) is 0. The molecule has 2 heterocycles. The van der Waals surface area contributed by atoms with E-state index in [1.807, 2.05) is 18.0 Å². The minimum Gasteiger partial charge on any atom is -0.340 e. The van der Waals surface area contributed by atoms with Gasteiger partial charge in [0.25, 0.3) is 0 Å². The Hall–Kier alpha value is -2.62. The number of amides is 1. The van der Waals surface area contributed by atoms with E-state index >= 15 is 0 Å². The van der Waals surface area contributed by atoms with Crippen molar-refractivity contribution in [3.8, 4) is 11.3 Å². The fourth-order valence-electron chi connectivity index (χ4n) is 3.29. The molecular weight excluding hydrogens is 334 g/mol. The molecule has 2 aromatic heterocycles. The average molecular weight is 364 g/mol. The van der Waals surface area contributed by atoms with Crippen LogP contribution in [0, 0.1) is 26.7 Å². The lowest BCUT2D eigenvalue weighted by Crippen LogP contribution is -2.28. The van der Waals surface area contributed by atoms with Gasteiger partial charge in [0, 0.05) is 25.2 Å². The Morgan fingerprint density at radius 1 is 1.11 bits per heavy atom. The number of pyridine rings is 1. The first-order valence-corrected chi connectivity index (χ1v) is 9.55. The Morgan fingerprint density at radius 2 is 1.85 bits per heavy atom. The number of aryl methyl sites for hydroxylation is 3. The fraction of sp³-hybridized carbons (Fsp3) is 0.391. The molecule has 142 valence electrons. The Labute approximate surface area is 161 Å². The Balaban J connectivity index is 2.09. The van der Waals surface area contributed by atoms with Crippen LogP contribution in [0.3, 0.4) is 0 Å². The molecule has 1 aromatic carbocycles. The third-order valence-corrected chi connectivity index (χ3v) is 5.04. The first kappa shape index (κ1) is 19.2. The zero-order valence-electron chi connectivity index (χ0n) is 17.2. The highest BCUT2D eigenvalue weighted by molar-refractivity contribution is 5.76. The van der Waals surface area contributed by atoms with Gasteiger partial charge in [-0.05, 0) is 55.5 Å². The van der Waals surface area contributed by atoms with E-state index in [1.54, 1.807) is 0 Å². The third-order valence-electron chi connectivity index (χ3n) is 5.04. The number of aromatic nitrogens is 2. The molecule has 0 spiro atoms. The molecule has 27 heavy (non-hydrogen) atoms. The van der Waals surface area contributed by atoms with Crippen molar-refractivity contribution in [2.75, 3.05) is 7.05 Å². The molecule has 3 aromatic rings. The van der Waals surface area contributed by atoms with E-state index in [2.05, 4.69) is 69.5 Å². The van der Waals surface area contributed by atoms with Crippen LogP contribution in [0.25, 0.3) is 16.9 Å². The fourth-order valence-corrected chi connectivity index (χ4v) is 3.29. The lowest BCUT2D eigenvalue weighted by molar-refractivity contribution is -0.131. The van der Waals surface area contributed by atoms with E-state index in [1.165, 1.54) is 16.7 Å². The van der Waals surface area contributed by atoms with E-state index in [0.717, 1.165) is 22.6 Å². The van der Waals surface area contributed by atoms with Gasteiger partial charge in [-0.2, -0.15) is 0 Å². The maximum Gasteiger partial charge on any atom is 0.222 e. The van der Waals surface area contributed by atoms with Crippen LogP contribution in [0.4, 0.5) is 0 Å².